The molecule has 3 aromatic rings. The van der Waals surface area contributed by atoms with Crippen LogP contribution in [-0.4, -0.2) is 12.5 Å². The molecule has 1 aliphatic heterocycles. The van der Waals surface area contributed by atoms with Gasteiger partial charge in [0.25, 0.3) is 5.91 Å². The average molecular weight is 397 g/mol. The molecule has 0 radical (unpaired) electrons. The number of aryl methyl sites for hydroxylation is 1. The van der Waals surface area contributed by atoms with Gasteiger partial charge < -0.3 is 9.64 Å². The Balaban J connectivity index is 1.60. The van der Waals surface area contributed by atoms with Crippen LogP contribution in [0, 0.1) is 6.92 Å². The van der Waals surface area contributed by atoms with E-state index in [2.05, 4.69) is 0 Å². The Bertz CT molecular complexity index is 1040. The van der Waals surface area contributed by atoms with Crippen LogP contribution in [0.1, 0.15) is 27.0 Å². The fourth-order valence-corrected chi connectivity index (χ4v) is 3.40. The Morgan fingerprint density at radius 1 is 0.931 bits per heavy atom. The lowest BCUT2D eigenvalue weighted by Gasteiger charge is -2.29. The highest BCUT2D eigenvalue weighted by molar-refractivity contribution is 6.08. The quantitative estimate of drug-likeness (QED) is 0.542. The number of hydrogen-bond donors (Lipinski definition) is 0. The first-order valence-electron chi connectivity index (χ1n) is 9.18. The van der Waals surface area contributed by atoms with Crippen molar-refractivity contribution in [2.45, 2.75) is 19.5 Å². The Hall–Kier alpha value is -3.28. The molecule has 0 fully saturated rings. The van der Waals surface area contributed by atoms with Gasteiger partial charge in [-0.15, -0.1) is 0 Å². The topological polar surface area (TPSA) is 29.5 Å². The van der Waals surface area contributed by atoms with Gasteiger partial charge in [0.2, 0.25) is 0 Å². The van der Waals surface area contributed by atoms with Gasteiger partial charge in [-0.05, 0) is 61.9 Å². The molecule has 0 aliphatic carbocycles. The van der Waals surface area contributed by atoms with Gasteiger partial charge in [-0.1, -0.05) is 23.8 Å². The third kappa shape index (κ3) is 3.83. The van der Waals surface area contributed by atoms with Gasteiger partial charge in [-0.25, -0.2) is 0 Å². The minimum absolute atomic E-state index is 0.118. The van der Waals surface area contributed by atoms with Crippen LogP contribution in [0.3, 0.4) is 0 Å². The molecular weight excluding hydrogens is 379 g/mol. The van der Waals surface area contributed by atoms with Crippen LogP contribution in [0.15, 0.2) is 66.7 Å². The van der Waals surface area contributed by atoms with Crippen LogP contribution in [0.2, 0.25) is 0 Å². The monoisotopic (exact) mass is 397 g/mol. The first-order valence-corrected chi connectivity index (χ1v) is 9.18. The number of amides is 1. The van der Waals surface area contributed by atoms with E-state index in [-0.39, 0.29) is 5.91 Å². The molecule has 0 N–H and O–H groups in total. The van der Waals surface area contributed by atoms with Crippen LogP contribution in [-0.2, 0) is 12.6 Å². The molecule has 0 atom stereocenters. The highest BCUT2D eigenvalue weighted by Crippen LogP contribution is 2.35. The molecule has 148 valence electrons. The summed E-state index contributed by atoms with van der Waals surface area (Å²) < 4.78 is 44.0. The summed E-state index contributed by atoms with van der Waals surface area (Å²) in [4.78, 5) is 14.7. The molecule has 0 saturated carbocycles. The number of carbonyl (C=O) groups is 1. The van der Waals surface area contributed by atoms with E-state index in [1.807, 2.05) is 31.2 Å². The van der Waals surface area contributed by atoms with Crippen molar-refractivity contribution in [1.82, 2.24) is 0 Å². The van der Waals surface area contributed by atoms with Crippen molar-refractivity contribution in [1.29, 1.82) is 0 Å². The Morgan fingerprint density at radius 2 is 1.62 bits per heavy atom. The van der Waals surface area contributed by atoms with E-state index in [4.69, 9.17) is 4.74 Å². The Labute approximate surface area is 166 Å². The maximum Gasteiger partial charge on any atom is 0.416 e. The average Bonchev–Trinajstić information content (AvgIpc) is 2.69. The first kappa shape index (κ1) is 19.1. The highest BCUT2D eigenvalue weighted by Gasteiger charge is 2.30. The number of ether oxygens (including phenoxy) is 1. The van der Waals surface area contributed by atoms with Gasteiger partial charge in [0.05, 0.1) is 5.56 Å². The third-order valence-corrected chi connectivity index (χ3v) is 4.95. The molecule has 0 saturated heterocycles. The second-order valence-electron chi connectivity index (χ2n) is 6.95. The Morgan fingerprint density at radius 3 is 2.28 bits per heavy atom. The number of benzene rings is 3. The summed E-state index contributed by atoms with van der Waals surface area (Å²) in [6.45, 7) is 2.49. The second kappa shape index (κ2) is 7.28. The van der Waals surface area contributed by atoms with Crippen molar-refractivity contribution >= 4 is 11.6 Å². The lowest BCUT2D eigenvalue weighted by Crippen LogP contribution is -2.37. The van der Waals surface area contributed by atoms with E-state index in [1.165, 1.54) is 12.1 Å². The molecule has 0 aromatic heterocycles. The number of anilines is 1. The lowest BCUT2D eigenvalue weighted by molar-refractivity contribution is -0.137. The molecule has 3 nitrogen and oxygen atoms in total. The molecule has 1 aliphatic rings. The lowest BCUT2D eigenvalue weighted by atomic mass is 9.97. The number of rotatable bonds is 3. The zero-order valence-electron chi connectivity index (χ0n) is 15.7. The molecule has 1 amide bonds. The van der Waals surface area contributed by atoms with Gasteiger partial charge in [-0.3, -0.25) is 4.79 Å². The van der Waals surface area contributed by atoms with Gasteiger partial charge >= 0.3 is 6.18 Å². The van der Waals surface area contributed by atoms with Crippen molar-refractivity contribution < 1.29 is 22.7 Å². The van der Waals surface area contributed by atoms with Crippen LogP contribution in [0.5, 0.6) is 11.5 Å². The summed E-state index contributed by atoms with van der Waals surface area (Å²) in [5, 5.41) is 0. The predicted octanol–water partition coefficient (Wildman–Crippen LogP) is 6.01. The van der Waals surface area contributed by atoms with Crippen molar-refractivity contribution in [2.24, 2.45) is 0 Å². The Kier molecular flexibility index (Phi) is 4.78. The molecule has 4 rings (SSSR count). The number of hydrogen-bond acceptors (Lipinski definition) is 2. The van der Waals surface area contributed by atoms with Crippen LogP contribution in [0.25, 0.3) is 0 Å². The molecule has 3 aromatic carbocycles. The number of halogens is 3. The summed E-state index contributed by atoms with van der Waals surface area (Å²) in [5.74, 6) is 0.659. The van der Waals surface area contributed by atoms with Gasteiger partial charge in [0.1, 0.15) is 11.5 Å². The van der Waals surface area contributed by atoms with Crippen LogP contribution < -0.4 is 9.64 Å². The number of carbonyl (C=O) groups excluding carboxylic acids is 1. The fourth-order valence-electron chi connectivity index (χ4n) is 3.40. The first-order chi connectivity index (χ1) is 13.8. The third-order valence-electron chi connectivity index (χ3n) is 4.95. The minimum Gasteiger partial charge on any atom is -0.457 e. The van der Waals surface area contributed by atoms with Crippen molar-refractivity contribution in [3.05, 3.63) is 89.0 Å². The molecular formula is C23H18F3NO2. The zero-order chi connectivity index (χ0) is 20.6. The molecule has 0 bridgehead atoms. The SMILES string of the molecule is Cc1ccc(N2CCc3c(Oc4ccc(C(F)(F)F)cc4)cccc3C2=O)cc1. The number of alkyl halides is 3. The maximum atomic E-state index is 13.0. The van der Waals surface area contributed by atoms with Crippen LogP contribution >= 0.6 is 0 Å². The molecule has 0 unspecified atom stereocenters. The summed E-state index contributed by atoms with van der Waals surface area (Å²) in [7, 11) is 0. The van der Waals surface area contributed by atoms with Gasteiger partial charge in [0, 0.05) is 23.4 Å². The normalized spacial score (nSPS) is 13.9. The maximum absolute atomic E-state index is 13.0. The minimum atomic E-state index is -4.39. The predicted molar refractivity (Wildman–Crippen MR) is 105 cm³/mol. The number of fused-ring (bicyclic) bond motifs is 1. The van der Waals surface area contributed by atoms with E-state index in [0.717, 1.165) is 28.9 Å². The van der Waals surface area contributed by atoms with Crippen molar-refractivity contribution in [3.63, 3.8) is 0 Å². The molecule has 6 heteroatoms. The largest absolute Gasteiger partial charge is 0.457 e. The highest BCUT2D eigenvalue weighted by atomic mass is 19.4. The smallest absolute Gasteiger partial charge is 0.416 e. The molecule has 0 spiro atoms. The number of nitrogens with zero attached hydrogens (tertiary/aromatic N) is 1. The summed E-state index contributed by atoms with van der Waals surface area (Å²) >= 11 is 0. The van der Waals surface area contributed by atoms with E-state index < -0.39 is 11.7 Å². The van der Waals surface area contributed by atoms with E-state index in [1.54, 1.807) is 23.1 Å². The standard InChI is InChI=1S/C23H18F3NO2/c1-15-5-9-17(10-6-15)27-14-13-19-20(22(27)28)3-2-4-21(19)29-18-11-7-16(8-12-18)23(24,25)26/h2-12H,13-14H2,1H3. The molecule has 1 heterocycles. The second-order valence-corrected chi connectivity index (χ2v) is 6.95. The van der Waals surface area contributed by atoms with Gasteiger partial charge in [-0.2, -0.15) is 13.2 Å². The van der Waals surface area contributed by atoms with E-state index >= 15 is 0 Å². The summed E-state index contributed by atoms with van der Waals surface area (Å²) in [6.07, 6.45) is -3.80. The fraction of sp³-hybridized carbons (Fsp3) is 0.174. The van der Waals surface area contributed by atoms with Gasteiger partial charge in [0.15, 0.2) is 0 Å². The van der Waals surface area contributed by atoms with Crippen LogP contribution in [0.4, 0.5) is 18.9 Å². The van der Waals surface area contributed by atoms with Crippen molar-refractivity contribution in [3.8, 4) is 11.5 Å². The van der Waals surface area contributed by atoms with E-state index in [0.29, 0.717) is 30.0 Å². The van der Waals surface area contributed by atoms with Crippen molar-refractivity contribution in [2.75, 3.05) is 11.4 Å². The summed E-state index contributed by atoms with van der Waals surface area (Å²) in [5.41, 5.74) is 2.53. The molecule has 29 heavy (non-hydrogen) atoms. The zero-order valence-corrected chi connectivity index (χ0v) is 15.7. The van der Waals surface area contributed by atoms with E-state index in [9.17, 15) is 18.0 Å². The summed E-state index contributed by atoms with van der Waals surface area (Å²) in [6, 6.07) is 17.5.